The van der Waals surface area contributed by atoms with E-state index in [1.165, 1.54) is 16.7 Å². The highest BCUT2D eigenvalue weighted by Crippen LogP contribution is 2.24. The second-order valence-corrected chi connectivity index (χ2v) is 5.45. The van der Waals surface area contributed by atoms with Crippen LogP contribution in [0.15, 0.2) is 22.7 Å². The summed E-state index contributed by atoms with van der Waals surface area (Å²) < 4.78 is 11.2. The average molecular weight is 288 g/mol. The van der Waals surface area contributed by atoms with E-state index >= 15 is 0 Å². The average Bonchev–Trinajstić information content (AvgIpc) is 2.89. The summed E-state index contributed by atoms with van der Waals surface area (Å²) in [7, 11) is 0. The third-order valence-corrected chi connectivity index (χ3v) is 3.47. The second kappa shape index (κ2) is 7.27. The largest absolute Gasteiger partial charge is 0.485 e. The molecule has 0 atom stereocenters. The van der Waals surface area contributed by atoms with Gasteiger partial charge in [0.1, 0.15) is 12.4 Å². The molecule has 1 heterocycles. The maximum atomic E-state index is 5.87. The molecule has 4 nitrogen and oxygen atoms in total. The van der Waals surface area contributed by atoms with Gasteiger partial charge in [0, 0.05) is 12.6 Å². The zero-order chi connectivity index (χ0) is 15.2. The first kappa shape index (κ1) is 15.6. The predicted molar refractivity (Wildman–Crippen MR) is 83.5 cm³/mol. The Morgan fingerprint density at radius 3 is 2.76 bits per heavy atom. The molecule has 0 aliphatic rings. The number of nitrogens with one attached hydrogen (secondary N) is 1. The Balaban J connectivity index is 1.94. The van der Waals surface area contributed by atoms with Crippen molar-refractivity contribution in [2.75, 3.05) is 6.54 Å². The van der Waals surface area contributed by atoms with Gasteiger partial charge >= 0.3 is 0 Å². The summed E-state index contributed by atoms with van der Waals surface area (Å²) >= 11 is 0. The van der Waals surface area contributed by atoms with Crippen LogP contribution < -0.4 is 10.1 Å². The van der Waals surface area contributed by atoms with E-state index in [0.29, 0.717) is 6.61 Å². The summed E-state index contributed by atoms with van der Waals surface area (Å²) in [5.41, 5.74) is 4.53. The topological polar surface area (TPSA) is 47.3 Å². The SMILES string of the molecule is CCCNCc1cc(COc2cc(C)cc(C)c2C)on1. The minimum Gasteiger partial charge on any atom is -0.485 e. The zero-order valence-electron chi connectivity index (χ0n) is 13.3. The van der Waals surface area contributed by atoms with Gasteiger partial charge in [0.05, 0.1) is 5.69 Å². The number of aryl methyl sites for hydroxylation is 2. The lowest BCUT2D eigenvalue weighted by atomic mass is 10.1. The van der Waals surface area contributed by atoms with Gasteiger partial charge in [-0.05, 0) is 56.5 Å². The maximum absolute atomic E-state index is 5.87. The van der Waals surface area contributed by atoms with Crippen molar-refractivity contribution in [1.29, 1.82) is 0 Å². The van der Waals surface area contributed by atoms with E-state index in [-0.39, 0.29) is 0 Å². The molecular formula is C17H24N2O2. The molecule has 0 aliphatic heterocycles. The monoisotopic (exact) mass is 288 g/mol. The lowest BCUT2D eigenvalue weighted by Gasteiger charge is -2.11. The molecule has 0 amide bonds. The van der Waals surface area contributed by atoms with Gasteiger partial charge in [0.25, 0.3) is 0 Å². The molecule has 0 radical (unpaired) electrons. The third kappa shape index (κ3) is 4.33. The molecule has 21 heavy (non-hydrogen) atoms. The van der Waals surface area contributed by atoms with Crippen LogP contribution in [0, 0.1) is 20.8 Å². The van der Waals surface area contributed by atoms with Crippen molar-refractivity contribution in [3.63, 3.8) is 0 Å². The van der Waals surface area contributed by atoms with Crippen molar-refractivity contribution < 1.29 is 9.26 Å². The van der Waals surface area contributed by atoms with Crippen LogP contribution in [-0.4, -0.2) is 11.7 Å². The van der Waals surface area contributed by atoms with Gasteiger partial charge in [-0.3, -0.25) is 0 Å². The Hall–Kier alpha value is -1.81. The zero-order valence-corrected chi connectivity index (χ0v) is 13.3. The molecule has 0 saturated heterocycles. The van der Waals surface area contributed by atoms with Gasteiger partial charge in [-0.1, -0.05) is 18.1 Å². The fraction of sp³-hybridized carbons (Fsp3) is 0.471. The molecule has 0 fully saturated rings. The smallest absolute Gasteiger partial charge is 0.174 e. The predicted octanol–water partition coefficient (Wildman–Crippen LogP) is 3.68. The van der Waals surface area contributed by atoms with Crippen LogP contribution in [0.4, 0.5) is 0 Å². The minimum absolute atomic E-state index is 0.407. The lowest BCUT2D eigenvalue weighted by Crippen LogP contribution is -2.13. The third-order valence-electron chi connectivity index (χ3n) is 3.47. The van der Waals surface area contributed by atoms with Crippen molar-refractivity contribution in [1.82, 2.24) is 10.5 Å². The Morgan fingerprint density at radius 1 is 1.19 bits per heavy atom. The molecule has 2 rings (SSSR count). The van der Waals surface area contributed by atoms with E-state index in [2.05, 4.69) is 50.3 Å². The number of ether oxygens (including phenoxy) is 1. The molecular weight excluding hydrogens is 264 g/mol. The van der Waals surface area contributed by atoms with Crippen molar-refractivity contribution in [3.05, 3.63) is 46.3 Å². The van der Waals surface area contributed by atoms with Crippen molar-refractivity contribution in [2.24, 2.45) is 0 Å². The van der Waals surface area contributed by atoms with Crippen LogP contribution in [0.1, 0.15) is 41.5 Å². The first-order valence-electron chi connectivity index (χ1n) is 7.46. The molecule has 0 saturated carbocycles. The van der Waals surface area contributed by atoms with E-state index < -0.39 is 0 Å². The number of hydrogen-bond donors (Lipinski definition) is 1. The molecule has 0 aliphatic carbocycles. The van der Waals surface area contributed by atoms with Gasteiger partial charge in [-0.2, -0.15) is 0 Å². The number of benzene rings is 1. The summed E-state index contributed by atoms with van der Waals surface area (Å²) in [5, 5.41) is 7.34. The number of nitrogens with zero attached hydrogens (tertiary/aromatic N) is 1. The Labute approximate surface area is 126 Å². The lowest BCUT2D eigenvalue weighted by molar-refractivity contribution is 0.247. The molecule has 1 aromatic heterocycles. The van der Waals surface area contributed by atoms with Gasteiger partial charge < -0.3 is 14.6 Å². The molecule has 0 unspecified atom stereocenters. The summed E-state index contributed by atoms with van der Waals surface area (Å²) in [4.78, 5) is 0. The van der Waals surface area contributed by atoms with Crippen LogP contribution in [0.2, 0.25) is 0 Å². The molecule has 114 valence electrons. The summed E-state index contributed by atoms with van der Waals surface area (Å²) in [6.45, 7) is 10.5. The summed E-state index contributed by atoms with van der Waals surface area (Å²) in [6, 6.07) is 6.16. The summed E-state index contributed by atoms with van der Waals surface area (Å²) in [5.74, 6) is 1.66. The van der Waals surface area contributed by atoms with E-state index in [4.69, 9.17) is 9.26 Å². The van der Waals surface area contributed by atoms with E-state index in [9.17, 15) is 0 Å². The van der Waals surface area contributed by atoms with Gasteiger partial charge in [0.15, 0.2) is 5.76 Å². The molecule has 0 spiro atoms. The molecule has 1 aromatic carbocycles. The van der Waals surface area contributed by atoms with E-state index in [1.807, 2.05) is 6.07 Å². The maximum Gasteiger partial charge on any atom is 0.174 e. The van der Waals surface area contributed by atoms with Crippen molar-refractivity contribution in [2.45, 2.75) is 47.3 Å². The molecule has 1 N–H and O–H groups in total. The number of aromatic nitrogens is 1. The van der Waals surface area contributed by atoms with E-state index in [1.54, 1.807) is 0 Å². The van der Waals surface area contributed by atoms with E-state index in [0.717, 1.165) is 36.7 Å². The Bertz CT molecular complexity index is 590. The Morgan fingerprint density at radius 2 is 2.00 bits per heavy atom. The number of hydrogen-bond acceptors (Lipinski definition) is 4. The standard InChI is InChI=1S/C17H24N2O2/c1-5-6-18-10-15-9-16(21-19-15)11-20-17-8-12(2)7-13(3)14(17)4/h7-9,18H,5-6,10-11H2,1-4H3. The molecule has 2 aromatic rings. The first-order valence-corrected chi connectivity index (χ1v) is 7.46. The van der Waals surface area contributed by atoms with Gasteiger partial charge in [-0.25, -0.2) is 0 Å². The second-order valence-electron chi connectivity index (χ2n) is 5.45. The first-order chi connectivity index (χ1) is 10.1. The highest BCUT2D eigenvalue weighted by atomic mass is 16.5. The van der Waals surface area contributed by atoms with Crippen LogP contribution in [0.5, 0.6) is 5.75 Å². The van der Waals surface area contributed by atoms with Crippen molar-refractivity contribution >= 4 is 0 Å². The van der Waals surface area contributed by atoms with Gasteiger partial charge in [0.2, 0.25) is 0 Å². The van der Waals surface area contributed by atoms with Crippen LogP contribution in [0.25, 0.3) is 0 Å². The highest BCUT2D eigenvalue weighted by molar-refractivity contribution is 5.41. The normalized spacial score (nSPS) is 10.9. The van der Waals surface area contributed by atoms with Crippen molar-refractivity contribution in [3.8, 4) is 5.75 Å². The number of rotatable bonds is 7. The van der Waals surface area contributed by atoms with Crippen LogP contribution >= 0.6 is 0 Å². The van der Waals surface area contributed by atoms with Crippen LogP contribution in [0.3, 0.4) is 0 Å². The quantitative estimate of drug-likeness (QED) is 0.790. The summed E-state index contributed by atoms with van der Waals surface area (Å²) in [6.07, 6.45) is 1.11. The molecule has 4 heteroatoms. The fourth-order valence-corrected chi connectivity index (χ4v) is 2.20. The fourth-order valence-electron chi connectivity index (χ4n) is 2.20. The van der Waals surface area contributed by atoms with Gasteiger partial charge in [-0.15, -0.1) is 0 Å². The molecule has 0 bridgehead atoms. The highest BCUT2D eigenvalue weighted by Gasteiger charge is 2.08. The minimum atomic E-state index is 0.407. The van der Waals surface area contributed by atoms with Crippen LogP contribution in [-0.2, 0) is 13.2 Å². The Kier molecular flexibility index (Phi) is 5.39.